The van der Waals surface area contributed by atoms with Crippen molar-refractivity contribution < 1.29 is 28.1 Å². The van der Waals surface area contributed by atoms with Gasteiger partial charge in [-0.3, -0.25) is 14.6 Å². The first-order valence-corrected chi connectivity index (χ1v) is 11.7. The highest BCUT2D eigenvalue weighted by molar-refractivity contribution is 7.92. The number of nitrogens with one attached hydrogen (secondary N) is 1. The van der Waals surface area contributed by atoms with Gasteiger partial charge in [0.25, 0.3) is 5.91 Å². The van der Waals surface area contributed by atoms with Crippen molar-refractivity contribution in [3.05, 3.63) is 34.3 Å². The molecule has 3 heterocycles. The molecule has 2 amide bonds. The number of aromatic nitrogens is 1. The Morgan fingerprint density at radius 2 is 2.17 bits per heavy atom. The number of amides is 2. The maximum Gasteiger partial charge on any atom is 0.328 e. The summed E-state index contributed by atoms with van der Waals surface area (Å²) >= 11 is 1.50. The lowest BCUT2D eigenvalue weighted by atomic mass is 10.1. The average Bonchev–Trinajstić information content (AvgIpc) is 3.39. The molecule has 0 aromatic carbocycles. The highest BCUT2D eigenvalue weighted by Crippen LogP contribution is 2.31. The number of hydrogen-bond donors (Lipinski definition) is 2. The van der Waals surface area contributed by atoms with Crippen LogP contribution in [0.3, 0.4) is 0 Å². The fourth-order valence-electron chi connectivity index (χ4n) is 3.17. The molecule has 30 heavy (non-hydrogen) atoms. The maximum atomic E-state index is 12.7. The quantitative estimate of drug-likeness (QED) is 0.355. The molecule has 2 N–H and O–H groups in total. The van der Waals surface area contributed by atoms with Gasteiger partial charge in [0.05, 0.1) is 12.8 Å². The Morgan fingerprint density at radius 1 is 1.43 bits per heavy atom. The molecule has 0 bridgehead atoms. The first-order valence-electron chi connectivity index (χ1n) is 8.91. The third-order valence-corrected chi connectivity index (χ3v) is 8.12. The van der Waals surface area contributed by atoms with Crippen LogP contribution in [0, 0.1) is 0 Å². The van der Waals surface area contributed by atoms with E-state index in [-0.39, 0.29) is 19.0 Å². The first-order chi connectivity index (χ1) is 14.1. The minimum Gasteiger partial charge on any atom is -0.399 e. The zero-order valence-electron chi connectivity index (χ0n) is 16.7. The number of hydroxylamine groups is 1. The van der Waals surface area contributed by atoms with Crippen molar-refractivity contribution in [2.75, 3.05) is 19.9 Å². The van der Waals surface area contributed by atoms with E-state index in [1.165, 1.54) is 40.3 Å². The third kappa shape index (κ3) is 3.98. The van der Waals surface area contributed by atoms with Crippen molar-refractivity contribution in [1.82, 2.24) is 14.9 Å². The van der Waals surface area contributed by atoms with Gasteiger partial charge in [0.2, 0.25) is 0 Å². The molecule has 0 aliphatic carbocycles. The molecule has 0 saturated carbocycles. The van der Waals surface area contributed by atoms with Crippen LogP contribution in [0.1, 0.15) is 23.9 Å². The molecule has 0 saturated heterocycles. The van der Waals surface area contributed by atoms with Gasteiger partial charge in [-0.05, 0) is 36.4 Å². The summed E-state index contributed by atoms with van der Waals surface area (Å²) < 4.78 is 23.8. The highest BCUT2D eigenvalue weighted by atomic mass is 32.2. The molecule has 0 fully saturated rings. The minimum atomic E-state index is -3.82. The van der Waals surface area contributed by atoms with Crippen LogP contribution in [0.2, 0.25) is 0 Å². The number of carbonyl (C=O) groups excluding carboxylic acids is 2. The lowest BCUT2D eigenvalue weighted by Gasteiger charge is -2.27. The van der Waals surface area contributed by atoms with Crippen LogP contribution in [0.4, 0.5) is 4.79 Å². The van der Waals surface area contributed by atoms with Crippen molar-refractivity contribution in [3.8, 4) is 11.1 Å². The van der Waals surface area contributed by atoms with Gasteiger partial charge in [0, 0.05) is 35.1 Å². The molecule has 2 aromatic rings. The van der Waals surface area contributed by atoms with E-state index in [1.54, 1.807) is 12.4 Å². The molecule has 1 atom stereocenters. The van der Waals surface area contributed by atoms with E-state index in [1.807, 2.05) is 17.5 Å². The van der Waals surface area contributed by atoms with E-state index in [9.17, 15) is 18.0 Å². The van der Waals surface area contributed by atoms with Crippen LogP contribution in [0.15, 0.2) is 28.9 Å². The van der Waals surface area contributed by atoms with Gasteiger partial charge in [0.1, 0.15) is 7.11 Å². The monoisotopic (exact) mass is 454 g/mol. The molecule has 0 spiro atoms. The van der Waals surface area contributed by atoms with Gasteiger partial charge in [-0.25, -0.2) is 18.7 Å². The summed E-state index contributed by atoms with van der Waals surface area (Å²) in [6, 6.07) is 3.53. The Morgan fingerprint density at radius 3 is 2.77 bits per heavy atom. The van der Waals surface area contributed by atoms with Gasteiger partial charge in [-0.2, -0.15) is 0 Å². The number of nitrogens with zero attached hydrogens (tertiary/aromatic N) is 3. The Hall–Kier alpha value is -2.70. The van der Waals surface area contributed by atoms with E-state index in [0.29, 0.717) is 6.54 Å². The minimum absolute atomic E-state index is 0.0446. The molecule has 3 rings (SSSR count). The van der Waals surface area contributed by atoms with Gasteiger partial charge < -0.3 is 9.74 Å². The lowest BCUT2D eigenvalue weighted by molar-refractivity contribution is -0.131. The highest BCUT2D eigenvalue weighted by Gasteiger charge is 2.44. The van der Waals surface area contributed by atoms with E-state index < -0.39 is 20.5 Å². The molecule has 1 aliphatic heterocycles. The number of oxime groups is 1. The second kappa shape index (κ2) is 8.20. The summed E-state index contributed by atoms with van der Waals surface area (Å²) in [7, 11) is -2.35. The van der Waals surface area contributed by atoms with Crippen molar-refractivity contribution in [2.24, 2.45) is 5.16 Å². The Bertz CT molecular complexity index is 1100. The predicted octanol–water partition coefficient (Wildman–Crippen LogP) is 1.68. The van der Waals surface area contributed by atoms with Crippen LogP contribution < -0.4 is 5.48 Å². The van der Waals surface area contributed by atoms with E-state index in [0.717, 1.165) is 28.0 Å². The second-order valence-corrected chi connectivity index (χ2v) is 10.5. The Kier molecular flexibility index (Phi) is 6.01. The average molecular weight is 455 g/mol. The molecular weight excluding hydrogens is 432 g/mol. The smallest absolute Gasteiger partial charge is 0.328 e. The molecule has 162 valence electrons. The fourth-order valence-corrected chi connectivity index (χ4v) is 4.78. The van der Waals surface area contributed by atoms with Crippen molar-refractivity contribution >= 4 is 39.3 Å². The standard InChI is InChI=1S/C18H22N4O6S2/c1-18(16(23)20-25,30(3,26)27)4-5-21-10-14-6-12(9-22(14)17(21)24)13-7-15(29-11-13)8-19-28-2/h6-9,11,25H,4-5,10H2,1-3H3,(H,20,23). The molecular formula is C18H22N4O6S2. The zero-order valence-corrected chi connectivity index (χ0v) is 18.3. The van der Waals surface area contributed by atoms with Crippen LogP contribution in [-0.2, 0) is 26.0 Å². The fraction of sp³-hybridized carbons (Fsp3) is 0.389. The molecule has 12 heteroatoms. The molecule has 10 nitrogen and oxygen atoms in total. The van der Waals surface area contributed by atoms with Crippen LogP contribution in [-0.4, -0.2) is 65.9 Å². The number of sulfone groups is 1. The first kappa shape index (κ1) is 22.0. The van der Waals surface area contributed by atoms with E-state index >= 15 is 0 Å². The molecule has 0 radical (unpaired) electrons. The van der Waals surface area contributed by atoms with Crippen LogP contribution >= 0.6 is 11.3 Å². The number of thiophene rings is 1. The summed E-state index contributed by atoms with van der Waals surface area (Å²) in [5, 5.41) is 14.6. The summed E-state index contributed by atoms with van der Waals surface area (Å²) in [6.07, 6.45) is 4.12. The predicted molar refractivity (Wildman–Crippen MR) is 111 cm³/mol. The molecule has 1 aliphatic rings. The van der Waals surface area contributed by atoms with Gasteiger partial charge in [-0.15, -0.1) is 11.3 Å². The normalized spacial score (nSPS) is 16.0. The summed E-state index contributed by atoms with van der Waals surface area (Å²) in [5.74, 6) is -1.02. The second-order valence-electron chi connectivity index (χ2n) is 7.14. The number of hydrogen-bond acceptors (Lipinski definition) is 8. The largest absolute Gasteiger partial charge is 0.399 e. The third-order valence-electron chi connectivity index (χ3n) is 5.23. The number of fused-ring (bicyclic) bond motifs is 1. The molecule has 1 unspecified atom stereocenters. The zero-order chi connectivity index (χ0) is 22.1. The maximum absolute atomic E-state index is 12.7. The molecule has 2 aromatic heterocycles. The van der Waals surface area contributed by atoms with Gasteiger partial charge in [-0.1, -0.05) is 5.16 Å². The summed E-state index contributed by atoms with van der Waals surface area (Å²) in [4.78, 5) is 31.7. The Balaban J connectivity index is 1.73. The lowest BCUT2D eigenvalue weighted by Crippen LogP contribution is -2.50. The van der Waals surface area contributed by atoms with Crippen LogP contribution in [0.5, 0.6) is 0 Å². The van der Waals surface area contributed by atoms with Crippen molar-refractivity contribution in [3.63, 3.8) is 0 Å². The van der Waals surface area contributed by atoms with Crippen molar-refractivity contribution in [2.45, 2.75) is 24.6 Å². The Labute approximate surface area is 177 Å². The van der Waals surface area contributed by atoms with E-state index in [4.69, 9.17) is 5.21 Å². The van der Waals surface area contributed by atoms with Crippen LogP contribution in [0.25, 0.3) is 11.1 Å². The summed E-state index contributed by atoms with van der Waals surface area (Å²) in [5.41, 5.74) is 4.00. The van der Waals surface area contributed by atoms with E-state index in [2.05, 4.69) is 9.99 Å². The summed E-state index contributed by atoms with van der Waals surface area (Å²) in [6.45, 7) is 1.57. The van der Waals surface area contributed by atoms with Gasteiger partial charge in [0.15, 0.2) is 14.6 Å². The SMILES string of the molecule is CON=Cc1cc(-c2cc3n(c2)C(=O)N(CCC(C)(C(=O)NO)S(C)(=O)=O)C3)cs1. The number of carbonyl (C=O) groups is 2. The van der Waals surface area contributed by atoms with Gasteiger partial charge >= 0.3 is 6.03 Å². The number of rotatable bonds is 8. The van der Waals surface area contributed by atoms with Crippen molar-refractivity contribution in [1.29, 1.82) is 0 Å². The topological polar surface area (TPSA) is 130 Å².